The van der Waals surface area contributed by atoms with Crippen molar-refractivity contribution in [3.63, 3.8) is 0 Å². The Bertz CT molecular complexity index is 1010. The molecule has 3 aromatic rings. The number of carbonyl (C=O) groups excluding carboxylic acids is 1. The summed E-state index contributed by atoms with van der Waals surface area (Å²) >= 11 is 0. The first-order chi connectivity index (χ1) is 13.2. The highest BCUT2D eigenvalue weighted by Crippen LogP contribution is 2.36. The Morgan fingerprint density at radius 1 is 0.964 bits per heavy atom. The van der Waals surface area contributed by atoms with E-state index < -0.39 is 11.7 Å². The molecule has 146 valence electrons. The van der Waals surface area contributed by atoms with Crippen LogP contribution in [0.15, 0.2) is 54.6 Å². The number of fused-ring (bicyclic) bond motifs is 1. The van der Waals surface area contributed by atoms with E-state index in [1.165, 1.54) is 19.2 Å². The predicted molar refractivity (Wildman–Crippen MR) is 104 cm³/mol. The van der Waals surface area contributed by atoms with Crippen LogP contribution in [0.2, 0.25) is 0 Å². The molecule has 0 heterocycles. The van der Waals surface area contributed by atoms with E-state index in [1.54, 1.807) is 30.3 Å². The number of alkyl halides is 3. The molecule has 0 aliphatic rings. The second-order valence-corrected chi connectivity index (χ2v) is 6.78. The van der Waals surface area contributed by atoms with Gasteiger partial charge in [-0.05, 0) is 60.7 Å². The largest absolute Gasteiger partial charge is 0.496 e. The molecule has 0 unspecified atom stereocenters. The van der Waals surface area contributed by atoms with Crippen molar-refractivity contribution in [3.05, 3.63) is 65.7 Å². The van der Waals surface area contributed by atoms with Crippen molar-refractivity contribution in [2.75, 3.05) is 7.11 Å². The summed E-state index contributed by atoms with van der Waals surface area (Å²) in [5.41, 5.74) is 1.21. The lowest BCUT2D eigenvalue weighted by molar-refractivity contribution is -0.137. The molecule has 0 fully saturated rings. The van der Waals surface area contributed by atoms with Crippen LogP contribution >= 0.6 is 0 Å². The third-order valence-corrected chi connectivity index (χ3v) is 4.40. The summed E-state index contributed by atoms with van der Waals surface area (Å²) in [6.07, 6.45) is -4.38. The summed E-state index contributed by atoms with van der Waals surface area (Å²) in [7, 11) is 1.54. The highest BCUT2D eigenvalue weighted by atomic mass is 19.4. The van der Waals surface area contributed by atoms with E-state index in [0.717, 1.165) is 28.5 Å². The van der Waals surface area contributed by atoms with Gasteiger partial charge in [-0.25, -0.2) is 0 Å². The van der Waals surface area contributed by atoms with Crippen LogP contribution in [0.25, 0.3) is 21.9 Å². The molecule has 0 saturated heterocycles. The van der Waals surface area contributed by atoms with Crippen molar-refractivity contribution >= 4 is 16.7 Å². The predicted octanol–water partition coefficient (Wildman–Crippen LogP) is 5.67. The number of rotatable bonds is 4. The number of hydrogen-bond acceptors (Lipinski definition) is 2. The lowest BCUT2D eigenvalue weighted by atomic mass is 9.95. The zero-order chi connectivity index (χ0) is 20.5. The van der Waals surface area contributed by atoms with Crippen molar-refractivity contribution < 1.29 is 22.7 Å². The van der Waals surface area contributed by atoms with Gasteiger partial charge in [-0.2, -0.15) is 13.2 Å². The number of amides is 1. The number of carbonyl (C=O) groups is 1. The first-order valence-electron chi connectivity index (χ1n) is 8.80. The monoisotopic (exact) mass is 387 g/mol. The molecule has 0 saturated carbocycles. The second kappa shape index (κ2) is 7.54. The van der Waals surface area contributed by atoms with E-state index in [1.807, 2.05) is 13.8 Å². The van der Waals surface area contributed by atoms with Gasteiger partial charge < -0.3 is 10.1 Å². The lowest BCUT2D eigenvalue weighted by Crippen LogP contribution is -2.29. The van der Waals surface area contributed by atoms with Gasteiger partial charge in [-0.15, -0.1) is 0 Å². The van der Waals surface area contributed by atoms with Gasteiger partial charge in [-0.1, -0.05) is 24.3 Å². The van der Waals surface area contributed by atoms with Crippen molar-refractivity contribution in [1.82, 2.24) is 5.32 Å². The molecule has 0 atom stereocenters. The zero-order valence-electron chi connectivity index (χ0n) is 15.7. The van der Waals surface area contributed by atoms with Gasteiger partial charge in [0, 0.05) is 17.0 Å². The Hall–Kier alpha value is -3.02. The van der Waals surface area contributed by atoms with Gasteiger partial charge >= 0.3 is 6.18 Å². The molecule has 0 aromatic heterocycles. The van der Waals surface area contributed by atoms with Crippen LogP contribution < -0.4 is 10.1 Å². The number of benzene rings is 3. The molecule has 3 nitrogen and oxygen atoms in total. The highest BCUT2D eigenvalue weighted by Gasteiger charge is 2.30. The maximum atomic E-state index is 12.8. The minimum atomic E-state index is -4.38. The summed E-state index contributed by atoms with van der Waals surface area (Å²) < 4.78 is 43.9. The maximum Gasteiger partial charge on any atom is 0.416 e. The van der Waals surface area contributed by atoms with Gasteiger partial charge in [0.15, 0.2) is 0 Å². The minimum Gasteiger partial charge on any atom is -0.496 e. The Kier molecular flexibility index (Phi) is 5.31. The summed E-state index contributed by atoms with van der Waals surface area (Å²) in [5, 5.41) is 4.35. The van der Waals surface area contributed by atoms with Crippen LogP contribution in [0, 0.1) is 0 Å². The normalized spacial score (nSPS) is 11.7. The van der Waals surface area contributed by atoms with Crippen molar-refractivity contribution in [2.24, 2.45) is 0 Å². The summed E-state index contributed by atoms with van der Waals surface area (Å²) in [4.78, 5) is 12.3. The van der Waals surface area contributed by atoms with E-state index >= 15 is 0 Å². The first-order valence-corrected chi connectivity index (χ1v) is 8.80. The van der Waals surface area contributed by atoms with Crippen molar-refractivity contribution in [1.29, 1.82) is 0 Å². The second-order valence-electron chi connectivity index (χ2n) is 6.78. The van der Waals surface area contributed by atoms with Crippen LogP contribution in [-0.2, 0) is 6.18 Å². The summed E-state index contributed by atoms with van der Waals surface area (Å²) in [6.45, 7) is 3.75. The molecule has 0 aliphatic heterocycles. The third kappa shape index (κ3) is 3.96. The molecule has 28 heavy (non-hydrogen) atoms. The molecule has 0 radical (unpaired) electrons. The fourth-order valence-electron chi connectivity index (χ4n) is 3.08. The maximum absolute atomic E-state index is 12.8. The SMILES string of the molecule is COc1ccc(-c2ccc(C(F)(F)F)cc2)c2ccc(C(=O)NC(C)C)cc12. The summed E-state index contributed by atoms with van der Waals surface area (Å²) in [5.74, 6) is 0.392. The smallest absolute Gasteiger partial charge is 0.416 e. The van der Waals surface area contributed by atoms with Gasteiger partial charge in [-0.3, -0.25) is 4.79 Å². The lowest BCUT2D eigenvalue weighted by Gasteiger charge is -2.14. The molecule has 1 amide bonds. The quantitative estimate of drug-likeness (QED) is 0.626. The fraction of sp³-hybridized carbons (Fsp3) is 0.227. The number of hydrogen-bond donors (Lipinski definition) is 1. The molecular weight excluding hydrogens is 367 g/mol. The molecule has 6 heteroatoms. The van der Waals surface area contributed by atoms with Crippen LogP contribution in [0.4, 0.5) is 13.2 Å². The van der Waals surface area contributed by atoms with E-state index in [-0.39, 0.29) is 11.9 Å². The number of nitrogens with one attached hydrogen (secondary N) is 1. The van der Waals surface area contributed by atoms with Gasteiger partial charge in [0.05, 0.1) is 12.7 Å². The minimum absolute atomic E-state index is 0.00331. The molecule has 3 aromatic carbocycles. The Morgan fingerprint density at radius 2 is 1.64 bits per heavy atom. The third-order valence-electron chi connectivity index (χ3n) is 4.40. The van der Waals surface area contributed by atoms with E-state index in [2.05, 4.69) is 5.32 Å². The van der Waals surface area contributed by atoms with Crippen molar-refractivity contribution in [2.45, 2.75) is 26.1 Å². The van der Waals surface area contributed by atoms with Gasteiger partial charge in [0.2, 0.25) is 0 Å². The van der Waals surface area contributed by atoms with Gasteiger partial charge in [0.25, 0.3) is 5.91 Å². The fourth-order valence-corrected chi connectivity index (χ4v) is 3.08. The Morgan fingerprint density at radius 3 is 2.21 bits per heavy atom. The summed E-state index contributed by atoms with van der Waals surface area (Å²) in [6, 6.07) is 13.8. The average Bonchev–Trinajstić information content (AvgIpc) is 2.65. The van der Waals surface area contributed by atoms with E-state index in [0.29, 0.717) is 16.9 Å². The zero-order valence-corrected chi connectivity index (χ0v) is 15.7. The van der Waals surface area contributed by atoms with Crippen LogP contribution in [0.3, 0.4) is 0 Å². The standard InChI is InChI=1S/C22H20F3NO2/c1-13(2)26-21(27)15-6-9-18-17(10-11-20(28-3)19(18)12-15)14-4-7-16(8-5-14)22(23,24)25/h4-13H,1-3H3,(H,26,27). The molecule has 0 aliphatic carbocycles. The van der Waals surface area contributed by atoms with Crippen LogP contribution in [0.5, 0.6) is 5.75 Å². The topological polar surface area (TPSA) is 38.3 Å². The molecular formula is C22H20F3NO2. The molecule has 1 N–H and O–H groups in total. The van der Waals surface area contributed by atoms with Gasteiger partial charge in [0.1, 0.15) is 5.75 Å². The molecule has 0 bridgehead atoms. The Balaban J connectivity index is 2.11. The average molecular weight is 387 g/mol. The molecule has 0 spiro atoms. The van der Waals surface area contributed by atoms with Crippen molar-refractivity contribution in [3.8, 4) is 16.9 Å². The first kappa shape index (κ1) is 19.7. The molecule has 3 rings (SSSR count). The van der Waals surface area contributed by atoms with Crippen LogP contribution in [-0.4, -0.2) is 19.1 Å². The number of ether oxygens (including phenoxy) is 1. The number of methoxy groups -OCH3 is 1. The number of halogens is 3. The van der Waals surface area contributed by atoms with E-state index in [9.17, 15) is 18.0 Å². The highest BCUT2D eigenvalue weighted by molar-refractivity contribution is 6.05. The van der Waals surface area contributed by atoms with Crippen LogP contribution in [0.1, 0.15) is 29.8 Å². The van der Waals surface area contributed by atoms with E-state index in [4.69, 9.17) is 4.74 Å². The Labute approximate surface area is 161 Å².